The maximum absolute atomic E-state index is 10.7. The average Bonchev–Trinajstić information content (AvgIpc) is 2.26. The number of hydrogen-bond donors (Lipinski definition) is 0. The highest BCUT2D eigenvalue weighted by Crippen LogP contribution is 2.49. The van der Waals surface area contributed by atoms with Crippen LogP contribution in [0.15, 0.2) is 0 Å². The highest BCUT2D eigenvalue weighted by molar-refractivity contribution is 5.65. The second-order valence-electron chi connectivity index (χ2n) is 5.40. The fourth-order valence-electron chi connectivity index (χ4n) is 2.60. The van der Waals surface area contributed by atoms with Gasteiger partial charge in [0.05, 0.1) is 6.61 Å². The SMILES string of the molecule is CC(=O)OC[C@@H]1CC(C)(C)[C@@H](C)[C@@H]1C. The van der Waals surface area contributed by atoms with Crippen molar-refractivity contribution >= 4 is 5.97 Å². The summed E-state index contributed by atoms with van der Waals surface area (Å²) in [6.07, 6.45) is 1.17. The Bertz CT molecular complexity index is 220. The van der Waals surface area contributed by atoms with Gasteiger partial charge in [0.2, 0.25) is 0 Å². The van der Waals surface area contributed by atoms with Crippen LogP contribution >= 0.6 is 0 Å². The molecule has 1 aliphatic rings. The molecule has 0 aromatic rings. The third-order valence-electron chi connectivity index (χ3n) is 4.05. The molecule has 0 N–H and O–H groups in total. The van der Waals surface area contributed by atoms with E-state index in [0.717, 1.165) is 0 Å². The van der Waals surface area contributed by atoms with Crippen LogP contribution in [0.2, 0.25) is 0 Å². The first-order valence-electron chi connectivity index (χ1n) is 5.48. The molecule has 0 heterocycles. The van der Waals surface area contributed by atoms with Crippen molar-refractivity contribution in [3.63, 3.8) is 0 Å². The smallest absolute Gasteiger partial charge is 0.302 e. The number of esters is 1. The summed E-state index contributed by atoms with van der Waals surface area (Å²) < 4.78 is 5.10. The molecule has 0 unspecified atom stereocenters. The van der Waals surface area contributed by atoms with E-state index in [0.29, 0.717) is 29.8 Å². The predicted octanol–water partition coefficient (Wildman–Crippen LogP) is 2.87. The molecular weight excluding hydrogens is 176 g/mol. The first kappa shape index (κ1) is 11.5. The molecule has 14 heavy (non-hydrogen) atoms. The number of rotatable bonds is 2. The van der Waals surface area contributed by atoms with Crippen LogP contribution in [0.3, 0.4) is 0 Å². The largest absolute Gasteiger partial charge is 0.466 e. The molecule has 0 aliphatic heterocycles. The van der Waals surface area contributed by atoms with E-state index < -0.39 is 0 Å². The normalized spacial score (nSPS) is 35.6. The molecule has 0 saturated heterocycles. The second-order valence-corrected chi connectivity index (χ2v) is 5.40. The maximum atomic E-state index is 10.7. The monoisotopic (exact) mass is 198 g/mol. The molecule has 3 atom stereocenters. The summed E-state index contributed by atoms with van der Waals surface area (Å²) in [7, 11) is 0. The lowest BCUT2D eigenvalue weighted by Crippen LogP contribution is -2.18. The van der Waals surface area contributed by atoms with E-state index >= 15 is 0 Å². The van der Waals surface area contributed by atoms with Crippen molar-refractivity contribution in [2.75, 3.05) is 6.61 Å². The molecule has 0 radical (unpaired) electrons. The molecule has 1 rings (SSSR count). The average molecular weight is 198 g/mol. The number of hydrogen-bond acceptors (Lipinski definition) is 2. The zero-order valence-electron chi connectivity index (χ0n) is 9.96. The van der Waals surface area contributed by atoms with Crippen LogP contribution in [0.25, 0.3) is 0 Å². The minimum atomic E-state index is -0.158. The summed E-state index contributed by atoms with van der Waals surface area (Å²) in [6, 6.07) is 0. The second kappa shape index (κ2) is 3.92. The van der Waals surface area contributed by atoms with Crippen molar-refractivity contribution in [1.82, 2.24) is 0 Å². The van der Waals surface area contributed by atoms with Gasteiger partial charge < -0.3 is 4.74 Å². The Morgan fingerprint density at radius 2 is 2.00 bits per heavy atom. The molecule has 1 fully saturated rings. The van der Waals surface area contributed by atoms with Crippen LogP contribution in [0.4, 0.5) is 0 Å². The highest BCUT2D eigenvalue weighted by Gasteiger charge is 2.43. The number of ether oxygens (including phenoxy) is 1. The van der Waals surface area contributed by atoms with Crippen LogP contribution in [-0.2, 0) is 9.53 Å². The summed E-state index contributed by atoms with van der Waals surface area (Å²) in [5, 5.41) is 0. The third-order valence-corrected chi connectivity index (χ3v) is 4.05. The van der Waals surface area contributed by atoms with Crippen molar-refractivity contribution in [1.29, 1.82) is 0 Å². The van der Waals surface area contributed by atoms with Crippen LogP contribution in [0.1, 0.15) is 41.0 Å². The van der Waals surface area contributed by atoms with Gasteiger partial charge in [-0.25, -0.2) is 0 Å². The molecule has 2 heteroatoms. The molecular formula is C12H22O2. The van der Waals surface area contributed by atoms with Gasteiger partial charge in [-0.05, 0) is 29.6 Å². The fraction of sp³-hybridized carbons (Fsp3) is 0.917. The van der Waals surface area contributed by atoms with Gasteiger partial charge in [0.25, 0.3) is 0 Å². The lowest BCUT2D eigenvalue weighted by molar-refractivity contribution is -0.142. The zero-order valence-corrected chi connectivity index (χ0v) is 9.96. The Morgan fingerprint density at radius 3 is 2.36 bits per heavy atom. The summed E-state index contributed by atoms with van der Waals surface area (Å²) in [5.41, 5.74) is 0.393. The topological polar surface area (TPSA) is 26.3 Å². The Kier molecular flexibility index (Phi) is 3.23. The van der Waals surface area contributed by atoms with E-state index in [1.54, 1.807) is 0 Å². The molecule has 1 saturated carbocycles. The van der Waals surface area contributed by atoms with Gasteiger partial charge in [-0.1, -0.05) is 27.7 Å². The van der Waals surface area contributed by atoms with Gasteiger partial charge in [-0.15, -0.1) is 0 Å². The van der Waals surface area contributed by atoms with Gasteiger partial charge in [0, 0.05) is 6.92 Å². The van der Waals surface area contributed by atoms with Crippen molar-refractivity contribution < 1.29 is 9.53 Å². The van der Waals surface area contributed by atoms with E-state index in [2.05, 4.69) is 27.7 Å². The molecule has 0 aromatic carbocycles. The highest BCUT2D eigenvalue weighted by atomic mass is 16.5. The van der Waals surface area contributed by atoms with Gasteiger partial charge in [0.1, 0.15) is 0 Å². The van der Waals surface area contributed by atoms with Crippen molar-refractivity contribution in [3.05, 3.63) is 0 Å². The molecule has 1 aliphatic carbocycles. The van der Waals surface area contributed by atoms with Gasteiger partial charge in [-0.2, -0.15) is 0 Å². The van der Waals surface area contributed by atoms with Crippen LogP contribution in [0, 0.1) is 23.2 Å². The van der Waals surface area contributed by atoms with Crippen molar-refractivity contribution in [2.45, 2.75) is 41.0 Å². The lowest BCUT2D eigenvalue weighted by atomic mass is 9.81. The first-order chi connectivity index (χ1) is 6.34. The maximum Gasteiger partial charge on any atom is 0.302 e. The molecule has 0 amide bonds. The minimum absolute atomic E-state index is 0.158. The Labute approximate surface area is 87.0 Å². The summed E-state index contributed by atoms with van der Waals surface area (Å²) in [4.78, 5) is 10.7. The van der Waals surface area contributed by atoms with E-state index in [4.69, 9.17) is 4.74 Å². The van der Waals surface area contributed by atoms with E-state index in [1.165, 1.54) is 13.3 Å². The van der Waals surface area contributed by atoms with E-state index in [9.17, 15) is 4.79 Å². The molecule has 82 valence electrons. The lowest BCUT2D eigenvalue weighted by Gasteiger charge is -2.25. The van der Waals surface area contributed by atoms with Gasteiger partial charge in [0.15, 0.2) is 0 Å². The van der Waals surface area contributed by atoms with E-state index in [-0.39, 0.29) is 5.97 Å². The molecule has 2 nitrogen and oxygen atoms in total. The third kappa shape index (κ3) is 2.28. The van der Waals surface area contributed by atoms with Crippen LogP contribution in [0.5, 0.6) is 0 Å². The summed E-state index contributed by atoms with van der Waals surface area (Å²) in [5.74, 6) is 1.76. The Hall–Kier alpha value is -0.530. The standard InChI is InChI=1S/C12H22O2/c1-8-9(2)12(4,5)6-11(8)7-14-10(3)13/h8-9,11H,6-7H2,1-5H3/t8-,9-,11-/m0/s1. The molecule has 0 aromatic heterocycles. The van der Waals surface area contributed by atoms with Gasteiger partial charge in [-0.3, -0.25) is 4.79 Å². The number of carbonyl (C=O) groups excluding carboxylic acids is 1. The minimum Gasteiger partial charge on any atom is -0.466 e. The molecule has 0 spiro atoms. The van der Waals surface area contributed by atoms with Gasteiger partial charge >= 0.3 is 5.97 Å². The van der Waals surface area contributed by atoms with E-state index in [1.807, 2.05) is 0 Å². The van der Waals surface area contributed by atoms with Crippen molar-refractivity contribution in [2.24, 2.45) is 23.2 Å². The quantitative estimate of drug-likeness (QED) is 0.638. The Balaban J connectivity index is 2.53. The zero-order chi connectivity index (χ0) is 10.9. The summed E-state index contributed by atoms with van der Waals surface area (Å²) >= 11 is 0. The first-order valence-corrected chi connectivity index (χ1v) is 5.48. The summed E-state index contributed by atoms with van der Waals surface area (Å²) in [6.45, 7) is 11.3. The number of carbonyl (C=O) groups is 1. The van der Waals surface area contributed by atoms with Crippen LogP contribution < -0.4 is 0 Å². The fourth-order valence-corrected chi connectivity index (χ4v) is 2.60. The molecule has 0 bridgehead atoms. The predicted molar refractivity (Wildman–Crippen MR) is 56.8 cm³/mol. The van der Waals surface area contributed by atoms with Crippen LogP contribution in [-0.4, -0.2) is 12.6 Å². The van der Waals surface area contributed by atoms with Crippen molar-refractivity contribution in [3.8, 4) is 0 Å². The Morgan fingerprint density at radius 1 is 1.43 bits per heavy atom.